The SMILES string of the molecule is Cc1cc(=O)oc2cc(OC(=O)[C@H]3[C@@H](/C=C(/Cl)C(F)(F)F)C3(C)C)ccc12. The maximum absolute atomic E-state index is 12.6. The zero-order valence-corrected chi connectivity index (χ0v) is 15.4. The normalized spacial score (nSPS) is 22.0. The lowest BCUT2D eigenvalue weighted by molar-refractivity contribution is -0.136. The number of ether oxygens (including phenoxy) is 1. The Balaban J connectivity index is 1.82. The second-order valence-electron chi connectivity index (χ2n) is 7.16. The standard InChI is InChI=1S/C19H16ClF3O4/c1-9-6-15(24)27-13-7-10(4-5-11(9)13)26-17(25)16-12(18(16,2)3)8-14(20)19(21,22)23/h4-8,12,16H,1-3H3/b14-8+/t12-,16-/m1/s1. The van der Waals surface area contributed by atoms with E-state index in [4.69, 9.17) is 20.8 Å². The quantitative estimate of drug-likeness (QED) is 0.415. The van der Waals surface area contributed by atoms with E-state index in [1.54, 1.807) is 26.8 Å². The van der Waals surface area contributed by atoms with Crippen molar-refractivity contribution in [2.24, 2.45) is 17.3 Å². The largest absolute Gasteiger partial charge is 0.426 e. The second kappa shape index (κ2) is 6.41. The van der Waals surface area contributed by atoms with Crippen molar-refractivity contribution in [3.8, 4) is 5.75 Å². The number of hydrogen-bond acceptors (Lipinski definition) is 4. The molecule has 1 aliphatic rings. The molecular formula is C19H16ClF3O4. The van der Waals surface area contributed by atoms with Crippen LogP contribution >= 0.6 is 11.6 Å². The van der Waals surface area contributed by atoms with Gasteiger partial charge in [0.2, 0.25) is 0 Å². The molecule has 8 heteroatoms. The Bertz CT molecular complexity index is 1000. The number of carbonyl (C=O) groups is 1. The van der Waals surface area contributed by atoms with Gasteiger partial charge >= 0.3 is 17.8 Å². The van der Waals surface area contributed by atoms with E-state index in [-0.39, 0.29) is 11.3 Å². The van der Waals surface area contributed by atoms with E-state index in [1.165, 1.54) is 18.2 Å². The summed E-state index contributed by atoms with van der Waals surface area (Å²) in [6.07, 6.45) is -3.79. The van der Waals surface area contributed by atoms with Crippen LogP contribution in [-0.2, 0) is 4.79 Å². The minimum absolute atomic E-state index is 0.147. The first-order valence-corrected chi connectivity index (χ1v) is 8.50. The molecule has 0 bridgehead atoms. The van der Waals surface area contributed by atoms with Crippen molar-refractivity contribution in [2.45, 2.75) is 26.9 Å². The van der Waals surface area contributed by atoms with Gasteiger partial charge < -0.3 is 9.15 Å². The van der Waals surface area contributed by atoms with Crippen LogP contribution in [0.1, 0.15) is 19.4 Å². The molecular weight excluding hydrogens is 385 g/mol. The molecule has 1 aromatic heterocycles. The third-order valence-electron chi connectivity index (χ3n) is 4.90. The summed E-state index contributed by atoms with van der Waals surface area (Å²) in [6, 6.07) is 5.94. The van der Waals surface area contributed by atoms with Crippen LogP contribution in [-0.4, -0.2) is 12.1 Å². The number of halogens is 4. The van der Waals surface area contributed by atoms with Gasteiger partial charge in [0.15, 0.2) is 0 Å². The Morgan fingerprint density at radius 2 is 1.96 bits per heavy atom. The number of benzene rings is 1. The average Bonchev–Trinajstić information content (AvgIpc) is 3.06. The van der Waals surface area contributed by atoms with Crippen molar-refractivity contribution < 1.29 is 27.1 Å². The third-order valence-corrected chi connectivity index (χ3v) is 5.24. The number of hydrogen-bond donors (Lipinski definition) is 0. The first-order chi connectivity index (χ1) is 12.4. The van der Waals surface area contributed by atoms with Crippen LogP contribution < -0.4 is 10.4 Å². The fourth-order valence-corrected chi connectivity index (χ4v) is 3.38. The monoisotopic (exact) mass is 400 g/mol. The molecule has 0 aliphatic heterocycles. The fourth-order valence-electron chi connectivity index (χ4n) is 3.24. The van der Waals surface area contributed by atoms with E-state index in [0.29, 0.717) is 5.39 Å². The number of allylic oxidation sites excluding steroid dienone is 2. The molecule has 0 unspecified atom stereocenters. The summed E-state index contributed by atoms with van der Waals surface area (Å²) in [7, 11) is 0. The number of fused-ring (bicyclic) bond motifs is 1. The topological polar surface area (TPSA) is 56.5 Å². The van der Waals surface area contributed by atoms with Gasteiger partial charge in [-0.05, 0) is 36.0 Å². The van der Waals surface area contributed by atoms with Gasteiger partial charge in [0.1, 0.15) is 16.4 Å². The lowest BCUT2D eigenvalue weighted by Gasteiger charge is -2.07. The lowest BCUT2D eigenvalue weighted by Crippen LogP contribution is -2.14. The molecule has 2 atom stereocenters. The van der Waals surface area contributed by atoms with Gasteiger partial charge in [-0.3, -0.25) is 4.79 Å². The summed E-state index contributed by atoms with van der Waals surface area (Å²) in [4.78, 5) is 23.9. The molecule has 0 N–H and O–H groups in total. The predicted octanol–water partition coefficient (Wildman–Crippen LogP) is 4.96. The highest BCUT2D eigenvalue weighted by Gasteiger charge is 2.62. The number of esters is 1. The zero-order valence-electron chi connectivity index (χ0n) is 14.7. The van der Waals surface area contributed by atoms with Crippen molar-refractivity contribution in [2.75, 3.05) is 0 Å². The molecule has 2 aromatic rings. The molecule has 0 saturated heterocycles. The van der Waals surface area contributed by atoms with Crippen LogP contribution in [0.2, 0.25) is 0 Å². The molecule has 144 valence electrons. The van der Waals surface area contributed by atoms with E-state index < -0.39 is 40.1 Å². The Morgan fingerprint density at radius 3 is 2.59 bits per heavy atom. The third kappa shape index (κ3) is 3.74. The first-order valence-electron chi connectivity index (χ1n) is 8.12. The maximum Gasteiger partial charge on any atom is 0.426 e. The van der Waals surface area contributed by atoms with Gasteiger partial charge in [0.25, 0.3) is 0 Å². The van der Waals surface area contributed by atoms with Gasteiger partial charge in [0, 0.05) is 17.5 Å². The summed E-state index contributed by atoms with van der Waals surface area (Å²) in [5, 5.41) is -0.558. The predicted molar refractivity (Wildman–Crippen MR) is 93.6 cm³/mol. The molecule has 3 rings (SSSR count). The second-order valence-corrected chi connectivity index (χ2v) is 7.57. The van der Waals surface area contributed by atoms with E-state index in [2.05, 4.69) is 0 Å². The Hall–Kier alpha value is -2.28. The van der Waals surface area contributed by atoms with Crippen molar-refractivity contribution in [3.63, 3.8) is 0 Å². The zero-order chi connectivity index (χ0) is 20.1. The number of carbonyl (C=O) groups excluding carboxylic acids is 1. The van der Waals surface area contributed by atoms with E-state index in [9.17, 15) is 22.8 Å². The average molecular weight is 401 g/mol. The molecule has 1 aliphatic carbocycles. The smallest absolute Gasteiger partial charge is 0.426 e. The molecule has 4 nitrogen and oxygen atoms in total. The van der Waals surface area contributed by atoms with Gasteiger partial charge in [0.05, 0.1) is 5.92 Å². The van der Waals surface area contributed by atoms with Crippen LogP contribution in [0.25, 0.3) is 11.0 Å². The number of rotatable bonds is 3. The van der Waals surface area contributed by atoms with Crippen LogP contribution in [0, 0.1) is 24.2 Å². The fraction of sp³-hybridized carbons (Fsp3) is 0.368. The molecule has 27 heavy (non-hydrogen) atoms. The summed E-state index contributed by atoms with van der Waals surface area (Å²) in [6.45, 7) is 5.09. The lowest BCUT2D eigenvalue weighted by atomic mass is 10.1. The summed E-state index contributed by atoms with van der Waals surface area (Å²) < 4.78 is 48.3. The van der Waals surface area contributed by atoms with Crippen molar-refractivity contribution in [3.05, 3.63) is 51.4 Å². The molecule has 1 saturated carbocycles. The van der Waals surface area contributed by atoms with Gasteiger partial charge in [-0.1, -0.05) is 31.5 Å². The molecule has 1 heterocycles. The van der Waals surface area contributed by atoms with Crippen molar-refractivity contribution in [1.82, 2.24) is 0 Å². The van der Waals surface area contributed by atoms with Gasteiger partial charge in [-0.15, -0.1) is 0 Å². The number of alkyl halides is 3. The molecule has 1 fully saturated rings. The Labute approximate surface area is 157 Å². The molecule has 1 aromatic carbocycles. The molecule has 0 amide bonds. The first kappa shape index (κ1) is 19.5. The van der Waals surface area contributed by atoms with Crippen molar-refractivity contribution in [1.29, 1.82) is 0 Å². The maximum atomic E-state index is 12.6. The Kier molecular flexibility index (Phi) is 4.62. The van der Waals surface area contributed by atoms with Gasteiger partial charge in [-0.25, -0.2) is 4.79 Å². The van der Waals surface area contributed by atoms with Crippen LogP contribution in [0.4, 0.5) is 13.2 Å². The van der Waals surface area contributed by atoms with Crippen LogP contribution in [0.5, 0.6) is 5.75 Å². The van der Waals surface area contributed by atoms with Crippen molar-refractivity contribution >= 4 is 28.5 Å². The minimum Gasteiger partial charge on any atom is -0.426 e. The van der Waals surface area contributed by atoms with Crippen LogP contribution in [0.15, 0.2) is 44.6 Å². The summed E-state index contributed by atoms with van der Waals surface area (Å²) in [5.41, 5.74) is -0.257. The summed E-state index contributed by atoms with van der Waals surface area (Å²) in [5.74, 6) is -1.95. The number of aryl methyl sites for hydroxylation is 1. The highest BCUT2D eigenvalue weighted by molar-refractivity contribution is 6.30. The summed E-state index contributed by atoms with van der Waals surface area (Å²) >= 11 is 5.29. The van der Waals surface area contributed by atoms with Gasteiger partial charge in [-0.2, -0.15) is 13.2 Å². The van der Waals surface area contributed by atoms with E-state index in [1.807, 2.05) is 0 Å². The van der Waals surface area contributed by atoms with Crippen LogP contribution in [0.3, 0.4) is 0 Å². The highest BCUT2D eigenvalue weighted by atomic mass is 35.5. The van der Waals surface area contributed by atoms with E-state index >= 15 is 0 Å². The minimum atomic E-state index is -4.65. The Morgan fingerprint density at radius 1 is 1.30 bits per heavy atom. The van der Waals surface area contributed by atoms with E-state index in [0.717, 1.165) is 11.6 Å². The molecule has 0 spiro atoms. The highest BCUT2D eigenvalue weighted by Crippen LogP contribution is 2.60. The molecule has 0 radical (unpaired) electrons.